The van der Waals surface area contributed by atoms with Crippen molar-refractivity contribution in [2.45, 2.75) is 19.0 Å². The highest BCUT2D eigenvalue weighted by atomic mass is 79.9. The molecule has 1 N–H and O–H groups in total. The normalized spacial score (nSPS) is 19.4. The molecule has 0 saturated carbocycles. The van der Waals surface area contributed by atoms with E-state index in [4.69, 9.17) is 0 Å². The van der Waals surface area contributed by atoms with Crippen molar-refractivity contribution in [2.75, 3.05) is 6.54 Å². The Morgan fingerprint density at radius 3 is 2.68 bits per heavy atom. The van der Waals surface area contributed by atoms with Gasteiger partial charge in [0.1, 0.15) is 12.6 Å². The number of nitrogens with zero attached hydrogens (tertiary/aromatic N) is 3. The van der Waals surface area contributed by atoms with Crippen LogP contribution in [-0.2, 0) is 22.6 Å². The first-order valence-corrected chi connectivity index (χ1v) is 9.88. The highest BCUT2D eigenvalue weighted by molar-refractivity contribution is 9.10. The van der Waals surface area contributed by atoms with Crippen LogP contribution >= 0.6 is 15.9 Å². The lowest BCUT2D eigenvalue weighted by molar-refractivity contribution is -0.157. The molecule has 0 radical (unpaired) electrons. The van der Waals surface area contributed by atoms with E-state index in [-0.39, 0.29) is 18.4 Å². The largest absolute Gasteiger partial charge is 0.357 e. The fraction of sp³-hybridized carbons (Fsp3) is 0.190. The number of para-hydroxylation sites is 1. The van der Waals surface area contributed by atoms with Crippen molar-refractivity contribution in [2.24, 2.45) is 5.10 Å². The lowest BCUT2D eigenvalue weighted by Gasteiger charge is -2.40. The van der Waals surface area contributed by atoms with Gasteiger partial charge in [-0.2, -0.15) is 5.10 Å². The molecule has 0 unspecified atom stereocenters. The van der Waals surface area contributed by atoms with E-state index in [0.29, 0.717) is 13.0 Å². The summed E-state index contributed by atoms with van der Waals surface area (Å²) in [5.74, 6) is -0.217. The Morgan fingerprint density at radius 1 is 1.07 bits per heavy atom. The predicted octanol–water partition coefficient (Wildman–Crippen LogP) is 3.06. The van der Waals surface area contributed by atoms with Crippen LogP contribution in [0.5, 0.6) is 0 Å². The van der Waals surface area contributed by atoms with Gasteiger partial charge in [0, 0.05) is 27.5 Å². The first-order valence-electron chi connectivity index (χ1n) is 9.09. The van der Waals surface area contributed by atoms with E-state index in [2.05, 4.69) is 32.1 Å². The lowest BCUT2D eigenvalue weighted by atomic mass is 9.94. The molecule has 1 saturated heterocycles. The third kappa shape index (κ3) is 2.82. The predicted molar refractivity (Wildman–Crippen MR) is 110 cm³/mol. The molecule has 0 bridgehead atoms. The molecule has 2 aliphatic rings. The van der Waals surface area contributed by atoms with Gasteiger partial charge in [-0.05, 0) is 29.3 Å². The van der Waals surface area contributed by atoms with Crippen molar-refractivity contribution < 1.29 is 9.59 Å². The molecule has 7 heteroatoms. The number of nitrogens with one attached hydrogen (secondary N) is 1. The highest BCUT2D eigenvalue weighted by Crippen LogP contribution is 2.32. The van der Waals surface area contributed by atoms with Gasteiger partial charge >= 0.3 is 0 Å². The van der Waals surface area contributed by atoms with Crippen LogP contribution < -0.4 is 0 Å². The number of benzene rings is 2. The van der Waals surface area contributed by atoms with Gasteiger partial charge < -0.3 is 9.88 Å². The molecule has 28 heavy (non-hydrogen) atoms. The van der Waals surface area contributed by atoms with Gasteiger partial charge in [-0.1, -0.05) is 46.3 Å². The first-order chi connectivity index (χ1) is 13.6. The molecule has 0 spiro atoms. The average molecular weight is 437 g/mol. The molecule has 3 aromatic rings. The molecule has 2 amide bonds. The average Bonchev–Trinajstić information content (AvgIpc) is 3.07. The Labute approximate surface area is 169 Å². The van der Waals surface area contributed by atoms with Gasteiger partial charge in [-0.15, -0.1) is 0 Å². The minimum absolute atomic E-state index is 0.0298. The molecular formula is C21H17BrN4O2. The topological polar surface area (TPSA) is 68.8 Å². The maximum absolute atomic E-state index is 13.0. The number of rotatable bonds is 2. The van der Waals surface area contributed by atoms with Crippen LogP contribution in [0.1, 0.15) is 16.8 Å². The molecule has 5 rings (SSSR count). The SMILES string of the molecule is O=C1[C@@H]2Cc3c([nH]c4ccccc34)CN2C(=O)CN1/N=C\c1ccc(Br)cc1. The van der Waals surface area contributed by atoms with Crippen LogP contribution in [0.15, 0.2) is 58.1 Å². The second kappa shape index (κ2) is 6.60. The molecule has 140 valence electrons. The van der Waals surface area contributed by atoms with E-state index in [1.54, 1.807) is 11.1 Å². The third-order valence-corrected chi connectivity index (χ3v) is 5.89. The summed E-state index contributed by atoms with van der Waals surface area (Å²) in [5, 5.41) is 6.72. The Balaban J connectivity index is 1.44. The van der Waals surface area contributed by atoms with Crippen LogP contribution in [0.2, 0.25) is 0 Å². The monoisotopic (exact) mass is 436 g/mol. The number of piperazine rings is 1. The van der Waals surface area contributed by atoms with Crippen molar-refractivity contribution in [1.82, 2.24) is 14.9 Å². The highest BCUT2D eigenvalue weighted by Gasteiger charge is 2.43. The number of hydrogen-bond donors (Lipinski definition) is 1. The summed E-state index contributed by atoms with van der Waals surface area (Å²) in [6.07, 6.45) is 2.13. The number of amides is 2. The molecule has 3 heterocycles. The summed E-state index contributed by atoms with van der Waals surface area (Å²) in [6, 6.07) is 15.2. The van der Waals surface area contributed by atoms with Gasteiger partial charge in [-0.25, -0.2) is 5.01 Å². The fourth-order valence-corrected chi connectivity index (χ4v) is 4.21. The number of aromatic nitrogens is 1. The van der Waals surface area contributed by atoms with Gasteiger partial charge in [0.2, 0.25) is 5.91 Å². The van der Waals surface area contributed by atoms with E-state index < -0.39 is 6.04 Å². The maximum Gasteiger partial charge on any atom is 0.266 e. The summed E-state index contributed by atoms with van der Waals surface area (Å²) in [5.41, 5.74) is 4.05. The number of fused-ring (bicyclic) bond motifs is 4. The second-order valence-electron chi connectivity index (χ2n) is 7.06. The summed E-state index contributed by atoms with van der Waals surface area (Å²) in [7, 11) is 0. The quantitative estimate of drug-likeness (QED) is 0.627. The van der Waals surface area contributed by atoms with Crippen molar-refractivity contribution in [3.63, 3.8) is 0 Å². The zero-order valence-corrected chi connectivity index (χ0v) is 16.5. The minimum atomic E-state index is -0.505. The zero-order valence-electron chi connectivity index (χ0n) is 14.9. The number of aromatic amines is 1. The molecule has 1 atom stereocenters. The van der Waals surface area contributed by atoms with Crippen LogP contribution in [0.4, 0.5) is 0 Å². The number of hydrogen-bond acceptors (Lipinski definition) is 3. The van der Waals surface area contributed by atoms with Gasteiger partial charge in [0.15, 0.2) is 0 Å². The van der Waals surface area contributed by atoms with Gasteiger partial charge in [0.05, 0.1) is 12.8 Å². The zero-order chi connectivity index (χ0) is 19.3. The smallest absolute Gasteiger partial charge is 0.266 e. The first kappa shape index (κ1) is 17.2. The van der Waals surface area contributed by atoms with E-state index in [0.717, 1.165) is 32.2 Å². The molecule has 1 fully saturated rings. The summed E-state index contributed by atoms with van der Waals surface area (Å²) in [4.78, 5) is 30.8. The van der Waals surface area contributed by atoms with E-state index >= 15 is 0 Å². The Morgan fingerprint density at radius 2 is 1.86 bits per heavy atom. The van der Waals surface area contributed by atoms with E-state index in [1.165, 1.54) is 5.01 Å². The second-order valence-corrected chi connectivity index (χ2v) is 7.98. The summed E-state index contributed by atoms with van der Waals surface area (Å²) >= 11 is 3.39. The molecule has 2 aromatic carbocycles. The Kier molecular flexibility index (Phi) is 4.05. The van der Waals surface area contributed by atoms with Gasteiger partial charge in [-0.3, -0.25) is 9.59 Å². The van der Waals surface area contributed by atoms with Crippen LogP contribution in [0.25, 0.3) is 10.9 Å². The molecular weight excluding hydrogens is 420 g/mol. The summed E-state index contributed by atoms with van der Waals surface area (Å²) < 4.78 is 0.973. The van der Waals surface area contributed by atoms with Crippen LogP contribution in [0, 0.1) is 0 Å². The minimum Gasteiger partial charge on any atom is -0.357 e. The van der Waals surface area contributed by atoms with Crippen molar-refractivity contribution in [1.29, 1.82) is 0 Å². The molecule has 2 aliphatic heterocycles. The number of hydrazone groups is 1. The number of halogens is 1. The van der Waals surface area contributed by atoms with E-state index in [9.17, 15) is 9.59 Å². The van der Waals surface area contributed by atoms with Crippen LogP contribution in [0.3, 0.4) is 0 Å². The van der Waals surface area contributed by atoms with Gasteiger partial charge in [0.25, 0.3) is 5.91 Å². The molecule has 6 nitrogen and oxygen atoms in total. The summed E-state index contributed by atoms with van der Waals surface area (Å²) in [6.45, 7) is 0.404. The number of carbonyl (C=O) groups is 2. The van der Waals surface area contributed by atoms with Crippen molar-refractivity contribution in [3.8, 4) is 0 Å². The number of carbonyl (C=O) groups excluding carboxylic acids is 2. The molecule has 1 aromatic heterocycles. The standard InChI is InChI=1S/C21H17BrN4O2/c22-14-7-5-13(6-8-14)10-23-26-12-20(27)25-11-18-16(9-19(25)21(26)28)15-3-1-2-4-17(15)24-18/h1-8,10,19,24H,9,11-12H2/b23-10-/t19-/m0/s1. The van der Waals surface area contributed by atoms with Crippen LogP contribution in [-0.4, -0.2) is 45.5 Å². The fourth-order valence-electron chi connectivity index (χ4n) is 3.94. The lowest BCUT2D eigenvalue weighted by Crippen LogP contribution is -2.60. The Bertz CT molecular complexity index is 1120. The van der Waals surface area contributed by atoms with Crippen molar-refractivity contribution >= 4 is 44.9 Å². The molecule has 0 aliphatic carbocycles. The van der Waals surface area contributed by atoms with Crippen molar-refractivity contribution in [3.05, 3.63) is 69.8 Å². The third-order valence-electron chi connectivity index (χ3n) is 5.37. The maximum atomic E-state index is 13.0. The Hall–Kier alpha value is -2.93. The number of H-pyrrole nitrogens is 1. The van der Waals surface area contributed by atoms with E-state index in [1.807, 2.05) is 42.5 Å².